The number of anilines is 1. The first kappa shape index (κ1) is 12.7. The predicted octanol–water partition coefficient (Wildman–Crippen LogP) is 1.95. The number of primary sulfonamides is 1. The summed E-state index contributed by atoms with van der Waals surface area (Å²) in [4.78, 5) is 0.864. The molecule has 1 aliphatic rings. The van der Waals surface area contributed by atoms with Gasteiger partial charge in [0.15, 0.2) is 0 Å². The van der Waals surface area contributed by atoms with Gasteiger partial charge in [0.2, 0.25) is 10.0 Å². The Morgan fingerprint density at radius 1 is 1.24 bits per heavy atom. The van der Waals surface area contributed by atoms with E-state index in [9.17, 15) is 8.42 Å². The van der Waals surface area contributed by atoms with Crippen molar-refractivity contribution in [3.8, 4) is 0 Å². The van der Waals surface area contributed by atoms with Crippen molar-refractivity contribution in [1.82, 2.24) is 0 Å². The minimum absolute atomic E-state index is 0.148. The molecule has 0 amide bonds. The largest absolute Gasteiger partial charge is 0.399 e. The maximum absolute atomic E-state index is 11.5. The number of hydrogen-bond donors (Lipinski definition) is 2. The quantitative estimate of drug-likeness (QED) is 0.823. The van der Waals surface area contributed by atoms with E-state index in [1.807, 2.05) is 0 Å². The maximum Gasteiger partial charge on any atom is 0.239 e. The van der Waals surface area contributed by atoms with E-state index in [-0.39, 0.29) is 4.90 Å². The van der Waals surface area contributed by atoms with Crippen molar-refractivity contribution in [2.45, 2.75) is 40.7 Å². The van der Waals surface area contributed by atoms with Crippen LogP contribution < -0.4 is 10.9 Å². The molecule has 17 heavy (non-hydrogen) atoms. The maximum atomic E-state index is 11.5. The van der Waals surface area contributed by atoms with Gasteiger partial charge in [-0.2, -0.15) is 0 Å². The molecule has 0 spiro atoms. The molecule has 4 N–H and O–H groups in total. The van der Waals surface area contributed by atoms with Crippen molar-refractivity contribution in [3.05, 3.63) is 18.2 Å². The average molecular weight is 272 g/mol. The average Bonchev–Trinajstić information content (AvgIpc) is 2.72. The van der Waals surface area contributed by atoms with Crippen LogP contribution in [0.25, 0.3) is 0 Å². The van der Waals surface area contributed by atoms with E-state index in [0.29, 0.717) is 15.8 Å². The van der Waals surface area contributed by atoms with Crippen LogP contribution in [0.4, 0.5) is 5.69 Å². The van der Waals surface area contributed by atoms with E-state index in [1.165, 1.54) is 18.9 Å². The summed E-state index contributed by atoms with van der Waals surface area (Å²) in [5.74, 6) is 0. The van der Waals surface area contributed by atoms with Gasteiger partial charge in [0, 0.05) is 15.8 Å². The highest BCUT2D eigenvalue weighted by Crippen LogP contribution is 2.37. The van der Waals surface area contributed by atoms with Gasteiger partial charge in [-0.15, -0.1) is 11.8 Å². The Kier molecular flexibility index (Phi) is 3.65. The third kappa shape index (κ3) is 3.14. The molecule has 0 saturated heterocycles. The van der Waals surface area contributed by atoms with Gasteiger partial charge in [-0.3, -0.25) is 0 Å². The molecule has 0 bridgehead atoms. The molecule has 0 aromatic heterocycles. The number of rotatable bonds is 3. The van der Waals surface area contributed by atoms with Crippen molar-refractivity contribution < 1.29 is 8.42 Å². The molecular formula is C11H16N2O2S2. The number of sulfonamides is 1. The van der Waals surface area contributed by atoms with Crippen molar-refractivity contribution in [2.24, 2.45) is 5.14 Å². The molecule has 0 heterocycles. The number of nitrogens with two attached hydrogens (primary N) is 2. The molecule has 1 aromatic carbocycles. The molecule has 94 valence electrons. The van der Waals surface area contributed by atoms with Crippen LogP contribution in [0.1, 0.15) is 25.7 Å². The Labute approximate surface area is 106 Å². The van der Waals surface area contributed by atoms with Gasteiger partial charge in [-0.25, -0.2) is 13.6 Å². The van der Waals surface area contributed by atoms with Crippen LogP contribution in [0.2, 0.25) is 0 Å². The zero-order valence-corrected chi connectivity index (χ0v) is 11.1. The molecule has 0 atom stereocenters. The fourth-order valence-electron chi connectivity index (χ4n) is 2.03. The third-order valence-corrected chi connectivity index (χ3v) is 5.36. The Morgan fingerprint density at radius 3 is 2.47 bits per heavy atom. The molecule has 1 aliphatic carbocycles. The Balaban J connectivity index is 2.32. The minimum Gasteiger partial charge on any atom is -0.399 e. The van der Waals surface area contributed by atoms with Crippen molar-refractivity contribution in [1.29, 1.82) is 0 Å². The molecule has 2 rings (SSSR count). The Bertz CT molecular complexity index is 508. The van der Waals surface area contributed by atoms with Crippen LogP contribution in [-0.4, -0.2) is 13.7 Å². The summed E-state index contributed by atoms with van der Waals surface area (Å²) < 4.78 is 23.0. The first-order chi connectivity index (χ1) is 7.97. The molecular weight excluding hydrogens is 256 g/mol. The second-order valence-electron chi connectivity index (χ2n) is 4.28. The molecule has 1 saturated carbocycles. The summed E-state index contributed by atoms with van der Waals surface area (Å²) >= 11 is 1.60. The molecule has 6 heteroatoms. The molecule has 0 radical (unpaired) electrons. The van der Waals surface area contributed by atoms with Gasteiger partial charge in [0.05, 0.1) is 4.90 Å². The molecule has 4 nitrogen and oxygen atoms in total. The lowest BCUT2D eigenvalue weighted by Gasteiger charge is -2.12. The van der Waals surface area contributed by atoms with Gasteiger partial charge in [0.25, 0.3) is 0 Å². The SMILES string of the molecule is Nc1ccc(SC2CCCC2)c(S(N)(=O)=O)c1. The lowest BCUT2D eigenvalue weighted by atomic mass is 10.3. The lowest BCUT2D eigenvalue weighted by molar-refractivity contribution is 0.596. The van der Waals surface area contributed by atoms with Gasteiger partial charge >= 0.3 is 0 Å². The molecule has 0 unspecified atom stereocenters. The fraction of sp³-hybridized carbons (Fsp3) is 0.455. The predicted molar refractivity (Wildman–Crippen MR) is 70.3 cm³/mol. The van der Waals surface area contributed by atoms with E-state index >= 15 is 0 Å². The van der Waals surface area contributed by atoms with Crippen molar-refractivity contribution in [2.75, 3.05) is 5.73 Å². The lowest BCUT2D eigenvalue weighted by Crippen LogP contribution is -2.14. The first-order valence-corrected chi connectivity index (χ1v) is 7.98. The number of benzene rings is 1. The van der Waals surface area contributed by atoms with E-state index in [1.54, 1.807) is 23.9 Å². The fourth-order valence-corrected chi connectivity index (χ4v) is 4.42. The van der Waals surface area contributed by atoms with Crippen molar-refractivity contribution >= 4 is 27.5 Å². The highest BCUT2D eigenvalue weighted by atomic mass is 32.2. The van der Waals surface area contributed by atoms with Crippen LogP contribution in [-0.2, 0) is 10.0 Å². The highest BCUT2D eigenvalue weighted by Gasteiger charge is 2.21. The van der Waals surface area contributed by atoms with Gasteiger partial charge in [0.1, 0.15) is 0 Å². The standard InChI is InChI=1S/C11H16N2O2S2/c12-8-5-6-10(11(7-8)17(13,14)15)16-9-3-1-2-4-9/h5-7,9H,1-4,12H2,(H2,13,14,15). The zero-order chi connectivity index (χ0) is 12.5. The third-order valence-electron chi connectivity index (χ3n) is 2.87. The summed E-state index contributed by atoms with van der Waals surface area (Å²) in [6, 6.07) is 4.90. The van der Waals surface area contributed by atoms with E-state index in [0.717, 1.165) is 12.8 Å². The van der Waals surface area contributed by atoms with Crippen molar-refractivity contribution in [3.63, 3.8) is 0 Å². The van der Waals surface area contributed by atoms with Gasteiger partial charge < -0.3 is 5.73 Å². The van der Waals surface area contributed by atoms with Gasteiger partial charge in [-0.1, -0.05) is 12.8 Å². The second kappa shape index (κ2) is 4.88. The van der Waals surface area contributed by atoms with Crippen LogP contribution in [0.5, 0.6) is 0 Å². The molecule has 1 aromatic rings. The van der Waals surface area contributed by atoms with Crippen LogP contribution in [0.15, 0.2) is 28.0 Å². The van der Waals surface area contributed by atoms with Crippen LogP contribution >= 0.6 is 11.8 Å². The Morgan fingerprint density at radius 2 is 1.88 bits per heavy atom. The summed E-state index contributed by atoms with van der Waals surface area (Å²) in [6.07, 6.45) is 4.72. The topological polar surface area (TPSA) is 86.2 Å². The molecule has 0 aliphatic heterocycles. The minimum atomic E-state index is -3.70. The van der Waals surface area contributed by atoms with E-state index in [2.05, 4.69) is 0 Å². The summed E-state index contributed by atoms with van der Waals surface area (Å²) in [7, 11) is -3.70. The normalized spacial score (nSPS) is 17.5. The van der Waals surface area contributed by atoms with E-state index in [4.69, 9.17) is 10.9 Å². The Hall–Kier alpha value is -0.720. The number of thioether (sulfide) groups is 1. The second-order valence-corrected chi connectivity index (χ2v) is 7.15. The smallest absolute Gasteiger partial charge is 0.239 e. The van der Waals surface area contributed by atoms with E-state index < -0.39 is 10.0 Å². The van der Waals surface area contributed by atoms with Crippen LogP contribution in [0, 0.1) is 0 Å². The van der Waals surface area contributed by atoms with Gasteiger partial charge in [-0.05, 0) is 31.0 Å². The monoisotopic (exact) mass is 272 g/mol. The first-order valence-electron chi connectivity index (χ1n) is 5.56. The molecule has 1 fully saturated rings. The summed E-state index contributed by atoms with van der Waals surface area (Å²) in [5, 5.41) is 5.70. The number of hydrogen-bond acceptors (Lipinski definition) is 4. The highest BCUT2D eigenvalue weighted by molar-refractivity contribution is 8.00. The zero-order valence-electron chi connectivity index (χ0n) is 9.43. The summed E-state index contributed by atoms with van der Waals surface area (Å²) in [5.41, 5.74) is 6.02. The summed E-state index contributed by atoms with van der Waals surface area (Å²) in [6.45, 7) is 0. The van der Waals surface area contributed by atoms with Crippen LogP contribution in [0.3, 0.4) is 0 Å². The number of nitrogen functional groups attached to an aromatic ring is 1.